The first-order chi connectivity index (χ1) is 20.9. The van der Waals surface area contributed by atoms with Crippen molar-refractivity contribution in [3.05, 3.63) is 95.6 Å². The molecule has 12 heteroatoms. The summed E-state index contributed by atoms with van der Waals surface area (Å²) in [4.78, 5) is 26.8. The molecule has 0 unspecified atom stereocenters. The lowest BCUT2D eigenvalue weighted by molar-refractivity contribution is -0.129. The van der Waals surface area contributed by atoms with Crippen LogP contribution < -0.4 is 10.2 Å². The summed E-state index contributed by atoms with van der Waals surface area (Å²) in [5, 5.41) is 14.2. The number of nitrogens with one attached hydrogen (secondary N) is 1. The minimum absolute atomic E-state index is 0.0650. The molecule has 0 radical (unpaired) electrons. The van der Waals surface area contributed by atoms with Crippen molar-refractivity contribution < 1.29 is 36.6 Å². The zero-order chi connectivity index (χ0) is 32.0. The molecule has 0 bridgehead atoms. The minimum Gasteiger partial charge on any atom is -0.434 e. The number of carbonyl (C=O) groups excluding carboxylic acids is 2. The van der Waals surface area contributed by atoms with Gasteiger partial charge in [0.2, 0.25) is 10.0 Å². The molecule has 1 fully saturated rings. The number of rotatable bonds is 13. The van der Waals surface area contributed by atoms with Gasteiger partial charge in [-0.2, -0.15) is 4.31 Å². The molecule has 1 saturated heterocycles. The summed E-state index contributed by atoms with van der Waals surface area (Å²) in [6.07, 6.45) is -2.80. The molecule has 0 saturated carbocycles. The number of halogens is 2. The van der Waals surface area contributed by atoms with Gasteiger partial charge in [-0.15, -0.1) is 0 Å². The monoisotopic (exact) mass is 629 g/mol. The molecule has 0 spiro atoms. The summed E-state index contributed by atoms with van der Waals surface area (Å²) < 4.78 is 61.5. The largest absolute Gasteiger partial charge is 0.434 e. The van der Waals surface area contributed by atoms with Crippen LogP contribution >= 0.6 is 0 Å². The Hall–Kier alpha value is -3.87. The second kappa shape index (κ2) is 14.3. The molecule has 0 aliphatic carbocycles. The van der Waals surface area contributed by atoms with Crippen LogP contribution in [0.1, 0.15) is 31.9 Å². The number of aryl methyl sites for hydroxylation is 1. The van der Waals surface area contributed by atoms with Gasteiger partial charge in [-0.1, -0.05) is 63.2 Å². The SMILES string of the molecule is CCc1ccc(S(=O)(=O)N(CC(C)C)C[C@@H](O)[C@H](Cc2ccccc2)NC(=O)[C@@H]2CN(c3ccc(F)cc3F)C(=O)O2)cc1. The van der Waals surface area contributed by atoms with Gasteiger partial charge in [-0.25, -0.2) is 22.0 Å². The number of aliphatic hydroxyl groups is 1. The van der Waals surface area contributed by atoms with Crippen LogP contribution in [0.5, 0.6) is 0 Å². The van der Waals surface area contributed by atoms with Crippen LogP contribution in [-0.4, -0.2) is 67.7 Å². The number of ether oxygens (including phenoxy) is 1. The van der Waals surface area contributed by atoms with Crippen molar-refractivity contribution in [3.63, 3.8) is 0 Å². The molecule has 2 N–H and O–H groups in total. The number of sulfonamides is 1. The molecular formula is C32H37F2N3O6S. The van der Waals surface area contributed by atoms with Gasteiger partial charge in [0.1, 0.15) is 11.6 Å². The Morgan fingerprint density at radius 2 is 1.73 bits per heavy atom. The number of amides is 2. The molecular weight excluding hydrogens is 592 g/mol. The maximum Gasteiger partial charge on any atom is 0.415 e. The van der Waals surface area contributed by atoms with E-state index in [4.69, 9.17) is 4.74 Å². The van der Waals surface area contributed by atoms with E-state index in [0.29, 0.717) is 6.07 Å². The fraction of sp³-hybridized carbons (Fsp3) is 0.375. The van der Waals surface area contributed by atoms with E-state index in [9.17, 15) is 31.9 Å². The summed E-state index contributed by atoms with van der Waals surface area (Å²) >= 11 is 0. The fourth-order valence-electron chi connectivity index (χ4n) is 4.98. The van der Waals surface area contributed by atoms with E-state index in [1.165, 1.54) is 4.31 Å². The highest BCUT2D eigenvalue weighted by Crippen LogP contribution is 2.26. The smallest absolute Gasteiger partial charge is 0.415 e. The Kier molecular flexibility index (Phi) is 10.7. The van der Waals surface area contributed by atoms with E-state index < -0.39 is 51.9 Å². The number of aliphatic hydroxyl groups excluding tert-OH is 1. The van der Waals surface area contributed by atoms with Crippen molar-refractivity contribution in [3.8, 4) is 0 Å². The van der Waals surface area contributed by atoms with Gasteiger partial charge >= 0.3 is 6.09 Å². The van der Waals surface area contributed by atoms with Crippen molar-refractivity contribution in [2.45, 2.75) is 56.8 Å². The molecule has 2 amide bonds. The zero-order valence-corrected chi connectivity index (χ0v) is 25.6. The predicted molar refractivity (Wildman–Crippen MR) is 161 cm³/mol. The van der Waals surface area contributed by atoms with Crippen molar-refractivity contribution in [1.82, 2.24) is 9.62 Å². The van der Waals surface area contributed by atoms with Crippen molar-refractivity contribution in [1.29, 1.82) is 0 Å². The summed E-state index contributed by atoms with van der Waals surface area (Å²) in [6.45, 7) is 5.16. The lowest BCUT2D eigenvalue weighted by Crippen LogP contribution is -2.53. The van der Waals surface area contributed by atoms with Gasteiger partial charge in [-0.3, -0.25) is 9.69 Å². The molecule has 0 aromatic heterocycles. The van der Waals surface area contributed by atoms with E-state index in [-0.39, 0.29) is 42.6 Å². The maximum absolute atomic E-state index is 14.4. The Bertz CT molecular complexity index is 1550. The Balaban J connectivity index is 1.55. The first-order valence-electron chi connectivity index (χ1n) is 14.4. The minimum atomic E-state index is -4.00. The average Bonchev–Trinajstić information content (AvgIpc) is 3.38. The number of hydrogen-bond donors (Lipinski definition) is 2. The first-order valence-corrected chi connectivity index (χ1v) is 15.9. The van der Waals surface area contributed by atoms with Gasteiger partial charge in [-0.05, 0) is 54.2 Å². The second-order valence-electron chi connectivity index (χ2n) is 11.2. The maximum atomic E-state index is 14.4. The molecule has 1 heterocycles. The molecule has 44 heavy (non-hydrogen) atoms. The van der Waals surface area contributed by atoms with Crippen molar-refractivity contribution in [2.24, 2.45) is 5.92 Å². The Morgan fingerprint density at radius 3 is 2.34 bits per heavy atom. The fourth-order valence-corrected chi connectivity index (χ4v) is 6.60. The third kappa shape index (κ3) is 7.99. The van der Waals surface area contributed by atoms with Gasteiger partial charge in [0.05, 0.1) is 29.3 Å². The average molecular weight is 630 g/mol. The molecule has 4 rings (SSSR count). The summed E-state index contributed by atoms with van der Waals surface area (Å²) in [7, 11) is -4.00. The van der Waals surface area contributed by atoms with Gasteiger partial charge in [0.25, 0.3) is 5.91 Å². The van der Waals surface area contributed by atoms with Crippen LogP contribution in [0.4, 0.5) is 19.3 Å². The highest BCUT2D eigenvalue weighted by Gasteiger charge is 2.40. The molecule has 1 aliphatic rings. The van der Waals surface area contributed by atoms with Gasteiger partial charge in [0, 0.05) is 19.2 Å². The van der Waals surface area contributed by atoms with Crippen LogP contribution in [0.15, 0.2) is 77.7 Å². The number of benzene rings is 3. The normalized spacial score (nSPS) is 16.7. The highest BCUT2D eigenvalue weighted by atomic mass is 32.2. The van der Waals surface area contributed by atoms with E-state index >= 15 is 0 Å². The van der Waals surface area contributed by atoms with E-state index in [1.54, 1.807) is 48.5 Å². The third-order valence-electron chi connectivity index (χ3n) is 7.32. The van der Waals surface area contributed by atoms with Crippen LogP contribution in [-0.2, 0) is 32.4 Å². The topological polar surface area (TPSA) is 116 Å². The molecule has 3 atom stereocenters. The van der Waals surface area contributed by atoms with Gasteiger partial charge < -0.3 is 15.2 Å². The molecule has 9 nitrogen and oxygen atoms in total. The van der Waals surface area contributed by atoms with Crippen LogP contribution in [0.25, 0.3) is 0 Å². The quantitative estimate of drug-likeness (QED) is 0.292. The van der Waals surface area contributed by atoms with Crippen LogP contribution in [0.3, 0.4) is 0 Å². The number of hydrogen-bond acceptors (Lipinski definition) is 6. The Labute approximate surface area is 256 Å². The first kappa shape index (κ1) is 33.0. The van der Waals surface area contributed by atoms with Crippen LogP contribution in [0.2, 0.25) is 0 Å². The summed E-state index contributed by atoms with van der Waals surface area (Å²) in [5.74, 6) is -2.63. The van der Waals surface area contributed by atoms with E-state index in [0.717, 1.165) is 34.6 Å². The number of nitrogens with zero attached hydrogens (tertiary/aromatic N) is 2. The zero-order valence-electron chi connectivity index (χ0n) is 24.8. The van der Waals surface area contributed by atoms with E-state index in [2.05, 4.69) is 5.32 Å². The summed E-state index contributed by atoms with van der Waals surface area (Å²) in [6, 6.07) is 17.3. The number of carbonyl (C=O) groups is 2. The molecule has 236 valence electrons. The highest BCUT2D eigenvalue weighted by molar-refractivity contribution is 7.89. The van der Waals surface area contributed by atoms with Crippen molar-refractivity contribution >= 4 is 27.7 Å². The lowest BCUT2D eigenvalue weighted by atomic mass is 10.0. The van der Waals surface area contributed by atoms with Gasteiger partial charge in [0.15, 0.2) is 6.10 Å². The van der Waals surface area contributed by atoms with E-state index in [1.807, 2.05) is 26.8 Å². The molecule has 3 aromatic rings. The summed E-state index contributed by atoms with van der Waals surface area (Å²) in [5.41, 5.74) is 1.51. The molecule has 3 aromatic carbocycles. The lowest BCUT2D eigenvalue weighted by Gasteiger charge is -2.31. The second-order valence-corrected chi connectivity index (χ2v) is 13.1. The number of cyclic esters (lactones) is 1. The van der Waals surface area contributed by atoms with Crippen LogP contribution in [0, 0.1) is 17.6 Å². The van der Waals surface area contributed by atoms with Crippen molar-refractivity contribution in [2.75, 3.05) is 24.5 Å². The predicted octanol–water partition coefficient (Wildman–Crippen LogP) is 4.29. The Morgan fingerprint density at radius 1 is 1.05 bits per heavy atom. The number of anilines is 1. The third-order valence-corrected chi connectivity index (χ3v) is 9.17. The standard InChI is InChI=1S/C32H37F2N3O6S/c1-4-22-10-13-25(14-11-22)44(41,42)36(18-21(2)3)19-29(38)27(16-23-8-6-5-7-9-23)35-31(39)30-20-37(32(40)43-30)28-15-12-24(33)17-26(28)34/h5-15,17,21,27,29-30,38H,4,16,18-20H2,1-3H3,(H,35,39)/t27-,29+,30-/m0/s1. The molecule has 1 aliphatic heterocycles.